The first-order valence-corrected chi connectivity index (χ1v) is 4.99. The molecule has 2 rings (SSSR count). The van der Waals surface area contributed by atoms with Crippen LogP contribution in [0.3, 0.4) is 0 Å². The van der Waals surface area contributed by atoms with E-state index in [4.69, 9.17) is 0 Å². The molecule has 0 bridgehead atoms. The third kappa shape index (κ3) is 1.39. The molecule has 1 aliphatic carbocycles. The van der Waals surface area contributed by atoms with Gasteiger partial charge in [-0.05, 0) is 18.4 Å². The molecular formula is C13H14O. The molecule has 0 radical (unpaired) electrons. The number of benzene rings is 1. The van der Waals surface area contributed by atoms with Gasteiger partial charge in [0.05, 0.1) is 5.41 Å². The molecule has 0 heterocycles. The van der Waals surface area contributed by atoms with E-state index in [1.807, 2.05) is 30.3 Å². The summed E-state index contributed by atoms with van der Waals surface area (Å²) in [4.78, 5) is 11.9. The maximum absolute atomic E-state index is 11.9. The molecule has 0 atom stereocenters. The van der Waals surface area contributed by atoms with Gasteiger partial charge in [0.1, 0.15) is 5.78 Å². The fourth-order valence-electron chi connectivity index (χ4n) is 1.94. The van der Waals surface area contributed by atoms with Gasteiger partial charge in [0.2, 0.25) is 0 Å². The summed E-state index contributed by atoms with van der Waals surface area (Å²) in [5, 5.41) is 0. The van der Waals surface area contributed by atoms with E-state index in [9.17, 15) is 4.79 Å². The van der Waals surface area contributed by atoms with E-state index < -0.39 is 0 Å². The monoisotopic (exact) mass is 186 g/mol. The summed E-state index contributed by atoms with van der Waals surface area (Å²) in [6.45, 7) is 3.61. The van der Waals surface area contributed by atoms with Crippen LogP contribution in [-0.4, -0.2) is 5.78 Å². The number of hydrogen-bond donors (Lipinski definition) is 0. The first-order valence-electron chi connectivity index (χ1n) is 4.99. The zero-order chi connectivity index (χ0) is 10.0. The quantitative estimate of drug-likeness (QED) is 0.661. The van der Waals surface area contributed by atoms with Crippen molar-refractivity contribution in [3.05, 3.63) is 48.6 Å². The van der Waals surface area contributed by atoms with E-state index in [-0.39, 0.29) is 5.41 Å². The molecule has 0 saturated heterocycles. The number of Topliss-reactive ketones (excluding diaryl/α,β-unsaturated/α-hetero) is 1. The highest BCUT2D eigenvalue weighted by Crippen LogP contribution is 2.49. The lowest BCUT2D eigenvalue weighted by molar-refractivity contribution is -0.120. The Hall–Kier alpha value is -1.37. The van der Waals surface area contributed by atoms with Crippen molar-refractivity contribution in [3.8, 4) is 0 Å². The number of rotatable bonds is 4. The Morgan fingerprint density at radius 3 is 2.50 bits per heavy atom. The van der Waals surface area contributed by atoms with Crippen molar-refractivity contribution < 1.29 is 4.79 Å². The Kier molecular flexibility index (Phi) is 2.24. The molecule has 1 heteroatoms. The lowest BCUT2D eigenvalue weighted by Gasteiger charge is -2.12. The van der Waals surface area contributed by atoms with Gasteiger partial charge in [0.15, 0.2) is 0 Å². The van der Waals surface area contributed by atoms with Crippen LogP contribution in [0, 0.1) is 0 Å². The molecule has 0 aromatic heterocycles. The maximum atomic E-state index is 11.9. The second-order valence-corrected chi connectivity index (χ2v) is 3.86. The molecule has 0 spiro atoms. The third-order valence-electron chi connectivity index (χ3n) is 2.94. The van der Waals surface area contributed by atoms with Crippen LogP contribution in [0.4, 0.5) is 0 Å². The summed E-state index contributed by atoms with van der Waals surface area (Å²) in [5.74, 6) is 0.318. The van der Waals surface area contributed by atoms with Crippen LogP contribution in [-0.2, 0) is 10.2 Å². The van der Waals surface area contributed by atoms with E-state index in [1.165, 1.54) is 5.56 Å². The molecule has 72 valence electrons. The van der Waals surface area contributed by atoms with Gasteiger partial charge in [0.25, 0.3) is 0 Å². The Morgan fingerprint density at radius 1 is 1.36 bits per heavy atom. The lowest BCUT2D eigenvalue weighted by Crippen LogP contribution is -2.19. The van der Waals surface area contributed by atoms with Gasteiger partial charge in [-0.1, -0.05) is 36.4 Å². The SMILES string of the molecule is C=CCC(=O)C1(c2ccccc2)CC1. The Balaban J connectivity index is 2.25. The molecule has 0 N–H and O–H groups in total. The van der Waals surface area contributed by atoms with Gasteiger partial charge in [0, 0.05) is 6.42 Å². The van der Waals surface area contributed by atoms with Gasteiger partial charge in [-0.15, -0.1) is 6.58 Å². The molecule has 14 heavy (non-hydrogen) atoms. The summed E-state index contributed by atoms with van der Waals surface area (Å²) in [6, 6.07) is 10.1. The number of hydrogen-bond acceptors (Lipinski definition) is 1. The fraction of sp³-hybridized carbons (Fsp3) is 0.308. The molecule has 1 aromatic carbocycles. The Bertz CT molecular complexity index is 347. The highest BCUT2D eigenvalue weighted by Gasteiger charge is 2.49. The molecule has 1 fully saturated rings. The van der Waals surface area contributed by atoms with E-state index in [1.54, 1.807) is 6.08 Å². The van der Waals surface area contributed by atoms with Crippen molar-refractivity contribution >= 4 is 5.78 Å². The molecule has 1 aromatic rings. The summed E-state index contributed by atoms with van der Waals surface area (Å²) < 4.78 is 0. The summed E-state index contributed by atoms with van der Waals surface area (Å²) >= 11 is 0. The lowest BCUT2D eigenvalue weighted by atomic mass is 9.90. The minimum absolute atomic E-state index is 0.157. The topological polar surface area (TPSA) is 17.1 Å². The maximum Gasteiger partial charge on any atom is 0.147 e. The molecule has 1 aliphatic rings. The first-order chi connectivity index (χ1) is 6.79. The predicted molar refractivity (Wildman–Crippen MR) is 57.2 cm³/mol. The largest absolute Gasteiger partial charge is 0.298 e. The number of ketones is 1. The van der Waals surface area contributed by atoms with E-state index in [0.29, 0.717) is 12.2 Å². The minimum atomic E-state index is -0.157. The number of carbonyl (C=O) groups is 1. The molecule has 0 aliphatic heterocycles. The van der Waals surface area contributed by atoms with E-state index in [2.05, 4.69) is 6.58 Å². The summed E-state index contributed by atoms with van der Waals surface area (Å²) in [6.07, 6.45) is 4.20. The van der Waals surface area contributed by atoms with Crippen LogP contribution in [0.1, 0.15) is 24.8 Å². The molecule has 0 unspecified atom stereocenters. The molecule has 1 saturated carbocycles. The van der Waals surface area contributed by atoms with Crippen molar-refractivity contribution in [2.24, 2.45) is 0 Å². The van der Waals surface area contributed by atoms with Crippen molar-refractivity contribution in [2.75, 3.05) is 0 Å². The number of carbonyl (C=O) groups excluding carboxylic acids is 1. The predicted octanol–water partition coefficient (Wildman–Crippen LogP) is 2.86. The van der Waals surface area contributed by atoms with E-state index in [0.717, 1.165) is 12.8 Å². The molecule has 0 amide bonds. The fourth-order valence-corrected chi connectivity index (χ4v) is 1.94. The first kappa shape index (κ1) is 9.20. The van der Waals surface area contributed by atoms with Crippen LogP contribution in [0.15, 0.2) is 43.0 Å². The zero-order valence-corrected chi connectivity index (χ0v) is 8.20. The molecule has 1 nitrogen and oxygen atoms in total. The Morgan fingerprint density at radius 2 is 2.00 bits per heavy atom. The third-order valence-corrected chi connectivity index (χ3v) is 2.94. The van der Waals surface area contributed by atoms with Crippen LogP contribution >= 0.6 is 0 Å². The van der Waals surface area contributed by atoms with E-state index >= 15 is 0 Å². The zero-order valence-electron chi connectivity index (χ0n) is 8.20. The number of allylic oxidation sites excluding steroid dienone is 1. The average Bonchev–Trinajstić information content (AvgIpc) is 3.00. The minimum Gasteiger partial charge on any atom is -0.298 e. The highest BCUT2D eigenvalue weighted by atomic mass is 16.1. The van der Waals surface area contributed by atoms with Crippen molar-refractivity contribution in [1.82, 2.24) is 0 Å². The highest BCUT2D eigenvalue weighted by molar-refractivity contribution is 5.93. The summed E-state index contributed by atoms with van der Waals surface area (Å²) in [7, 11) is 0. The Labute approximate surface area is 84.5 Å². The van der Waals surface area contributed by atoms with Crippen LogP contribution in [0.25, 0.3) is 0 Å². The van der Waals surface area contributed by atoms with Gasteiger partial charge in [-0.2, -0.15) is 0 Å². The normalized spacial score (nSPS) is 17.4. The van der Waals surface area contributed by atoms with Gasteiger partial charge < -0.3 is 0 Å². The van der Waals surface area contributed by atoms with Crippen LogP contribution < -0.4 is 0 Å². The van der Waals surface area contributed by atoms with Gasteiger partial charge in [-0.3, -0.25) is 4.79 Å². The van der Waals surface area contributed by atoms with Gasteiger partial charge >= 0.3 is 0 Å². The summed E-state index contributed by atoms with van der Waals surface area (Å²) in [5.41, 5.74) is 1.02. The second kappa shape index (κ2) is 3.41. The van der Waals surface area contributed by atoms with Crippen LogP contribution in [0.5, 0.6) is 0 Å². The van der Waals surface area contributed by atoms with Crippen LogP contribution in [0.2, 0.25) is 0 Å². The smallest absolute Gasteiger partial charge is 0.147 e. The second-order valence-electron chi connectivity index (χ2n) is 3.86. The standard InChI is InChI=1S/C13H14O/c1-2-6-12(14)13(9-10-13)11-7-4-3-5-8-11/h2-5,7-8H,1,6,9-10H2. The van der Waals surface area contributed by atoms with Crippen molar-refractivity contribution in [2.45, 2.75) is 24.7 Å². The average molecular weight is 186 g/mol. The van der Waals surface area contributed by atoms with Gasteiger partial charge in [-0.25, -0.2) is 0 Å². The van der Waals surface area contributed by atoms with Crippen molar-refractivity contribution in [3.63, 3.8) is 0 Å². The molecular weight excluding hydrogens is 172 g/mol. The van der Waals surface area contributed by atoms with Crippen molar-refractivity contribution in [1.29, 1.82) is 0 Å².